The number of aromatic amines is 1. The summed E-state index contributed by atoms with van der Waals surface area (Å²) >= 11 is 0. The summed E-state index contributed by atoms with van der Waals surface area (Å²) < 4.78 is 1.25. The Balaban J connectivity index is 1.66. The molecule has 3 aromatic rings. The van der Waals surface area contributed by atoms with Crippen LogP contribution in [0, 0.1) is 12.8 Å². The van der Waals surface area contributed by atoms with Crippen LogP contribution < -0.4 is 26.8 Å². The van der Waals surface area contributed by atoms with Gasteiger partial charge in [-0.15, -0.1) is 0 Å². The van der Waals surface area contributed by atoms with Crippen molar-refractivity contribution in [2.45, 2.75) is 33.2 Å². The summed E-state index contributed by atoms with van der Waals surface area (Å²) in [5, 5.41) is 0. The Morgan fingerprint density at radius 3 is 2.43 bits per heavy atom. The molecule has 35 heavy (non-hydrogen) atoms. The maximum atomic E-state index is 13.6. The number of hydrogen-bond donors (Lipinski definition) is 2. The fourth-order valence-electron chi connectivity index (χ4n) is 4.38. The van der Waals surface area contributed by atoms with Crippen LogP contribution >= 0.6 is 0 Å². The summed E-state index contributed by atoms with van der Waals surface area (Å²) in [5.74, 6) is -1.23. The van der Waals surface area contributed by atoms with Crippen molar-refractivity contribution in [1.29, 1.82) is 0 Å². The van der Waals surface area contributed by atoms with E-state index in [2.05, 4.69) is 4.98 Å². The molecule has 2 heterocycles. The van der Waals surface area contributed by atoms with Gasteiger partial charge in [0.2, 0.25) is 11.8 Å². The zero-order valence-corrected chi connectivity index (χ0v) is 19.9. The number of amides is 2. The van der Waals surface area contributed by atoms with Gasteiger partial charge in [-0.05, 0) is 31.0 Å². The van der Waals surface area contributed by atoms with E-state index in [1.54, 1.807) is 4.90 Å². The summed E-state index contributed by atoms with van der Waals surface area (Å²) in [6.07, 6.45) is 0.596. The molecule has 2 aromatic carbocycles. The number of carbonyl (C=O) groups excluding carboxylic acids is 2. The average Bonchev–Trinajstić information content (AvgIpc) is 3.23. The van der Waals surface area contributed by atoms with E-state index in [1.165, 1.54) is 9.47 Å². The van der Waals surface area contributed by atoms with Gasteiger partial charge in [0.05, 0.1) is 12.5 Å². The monoisotopic (exact) mass is 475 g/mol. The Hall–Kier alpha value is -4.14. The van der Waals surface area contributed by atoms with Gasteiger partial charge >= 0.3 is 5.69 Å². The largest absolute Gasteiger partial charge is 0.383 e. The fourth-order valence-corrected chi connectivity index (χ4v) is 4.38. The number of aryl methyl sites for hydroxylation is 1. The van der Waals surface area contributed by atoms with Crippen LogP contribution in [0.4, 0.5) is 17.2 Å². The van der Waals surface area contributed by atoms with Gasteiger partial charge in [0, 0.05) is 25.2 Å². The van der Waals surface area contributed by atoms with Crippen LogP contribution in [0.25, 0.3) is 0 Å². The molecule has 0 aliphatic carbocycles. The van der Waals surface area contributed by atoms with Gasteiger partial charge in [0.25, 0.3) is 5.56 Å². The number of carbonyl (C=O) groups is 2. The van der Waals surface area contributed by atoms with Gasteiger partial charge in [-0.1, -0.05) is 55.0 Å². The molecule has 1 aromatic heterocycles. The number of anilines is 3. The van der Waals surface area contributed by atoms with Crippen molar-refractivity contribution in [3.05, 3.63) is 86.6 Å². The first-order chi connectivity index (χ1) is 16.8. The molecule has 1 saturated heterocycles. The molecular weight excluding hydrogens is 446 g/mol. The highest BCUT2D eigenvalue weighted by atomic mass is 16.2. The Morgan fingerprint density at radius 1 is 1.09 bits per heavy atom. The Morgan fingerprint density at radius 2 is 1.77 bits per heavy atom. The lowest BCUT2D eigenvalue weighted by atomic mass is 10.1. The van der Waals surface area contributed by atoms with Gasteiger partial charge in [-0.25, -0.2) is 4.79 Å². The second-order valence-electron chi connectivity index (χ2n) is 8.80. The summed E-state index contributed by atoms with van der Waals surface area (Å²) in [4.78, 5) is 57.0. The molecule has 1 aliphatic heterocycles. The molecule has 1 atom stereocenters. The molecule has 1 fully saturated rings. The van der Waals surface area contributed by atoms with Crippen LogP contribution in [0.15, 0.2) is 64.2 Å². The lowest BCUT2D eigenvalue weighted by molar-refractivity contribution is -0.124. The maximum Gasteiger partial charge on any atom is 0.330 e. The summed E-state index contributed by atoms with van der Waals surface area (Å²) in [7, 11) is 0. The van der Waals surface area contributed by atoms with E-state index in [0.29, 0.717) is 6.42 Å². The van der Waals surface area contributed by atoms with E-state index in [9.17, 15) is 19.2 Å². The lowest BCUT2D eigenvalue weighted by Gasteiger charge is -2.26. The quantitative estimate of drug-likeness (QED) is 0.543. The first kappa shape index (κ1) is 24.0. The van der Waals surface area contributed by atoms with Crippen LogP contribution in [0.3, 0.4) is 0 Å². The highest BCUT2D eigenvalue weighted by Crippen LogP contribution is 2.29. The van der Waals surface area contributed by atoms with Gasteiger partial charge in [-0.3, -0.25) is 23.9 Å². The molecule has 0 spiro atoms. The minimum Gasteiger partial charge on any atom is -0.383 e. The van der Waals surface area contributed by atoms with E-state index < -0.39 is 17.2 Å². The number of nitrogen functional groups attached to an aromatic ring is 1. The lowest BCUT2D eigenvalue weighted by Crippen LogP contribution is -2.44. The summed E-state index contributed by atoms with van der Waals surface area (Å²) in [6, 6.07) is 16.8. The van der Waals surface area contributed by atoms with Gasteiger partial charge in [0.1, 0.15) is 5.82 Å². The number of nitrogens with one attached hydrogen (secondary N) is 1. The van der Waals surface area contributed by atoms with E-state index >= 15 is 0 Å². The molecule has 0 bridgehead atoms. The van der Waals surface area contributed by atoms with Crippen molar-refractivity contribution in [1.82, 2.24) is 9.55 Å². The summed E-state index contributed by atoms with van der Waals surface area (Å²) in [5.41, 5.74) is 7.52. The number of hydrogen-bond acceptors (Lipinski definition) is 5. The third kappa shape index (κ3) is 4.89. The fraction of sp³-hybridized carbons (Fsp3) is 0.308. The van der Waals surface area contributed by atoms with Gasteiger partial charge in [-0.2, -0.15) is 0 Å². The highest BCUT2D eigenvalue weighted by molar-refractivity contribution is 6.05. The van der Waals surface area contributed by atoms with Gasteiger partial charge < -0.3 is 15.5 Å². The molecule has 9 heteroatoms. The minimum atomic E-state index is -0.724. The molecule has 0 radical (unpaired) electrons. The van der Waals surface area contributed by atoms with Crippen LogP contribution in [0.2, 0.25) is 0 Å². The number of H-pyrrole nitrogens is 1. The Kier molecular flexibility index (Phi) is 6.86. The molecule has 9 nitrogen and oxygen atoms in total. The normalized spacial score (nSPS) is 15.4. The van der Waals surface area contributed by atoms with E-state index in [-0.39, 0.29) is 49.4 Å². The first-order valence-electron chi connectivity index (χ1n) is 11.6. The highest BCUT2D eigenvalue weighted by Gasteiger charge is 2.38. The predicted octanol–water partition coefficient (Wildman–Crippen LogP) is 2.27. The molecule has 1 aliphatic rings. The Labute approximate surface area is 202 Å². The number of rotatable bonds is 7. The average molecular weight is 476 g/mol. The van der Waals surface area contributed by atoms with E-state index in [0.717, 1.165) is 16.8 Å². The molecule has 2 amide bonds. The summed E-state index contributed by atoms with van der Waals surface area (Å²) in [6.45, 7) is 4.42. The second-order valence-corrected chi connectivity index (χ2v) is 8.80. The van der Waals surface area contributed by atoms with Crippen molar-refractivity contribution in [2.24, 2.45) is 5.92 Å². The van der Waals surface area contributed by atoms with Crippen molar-refractivity contribution in [3.63, 3.8) is 0 Å². The van der Waals surface area contributed by atoms with Crippen molar-refractivity contribution in [2.75, 3.05) is 28.6 Å². The molecule has 182 valence electrons. The zero-order chi connectivity index (χ0) is 25.1. The number of nitrogens with two attached hydrogens (primary N) is 1. The third-order valence-electron chi connectivity index (χ3n) is 6.20. The topological polar surface area (TPSA) is 121 Å². The number of benzene rings is 2. The van der Waals surface area contributed by atoms with E-state index in [4.69, 9.17) is 5.73 Å². The van der Waals surface area contributed by atoms with Crippen LogP contribution in [-0.4, -0.2) is 34.5 Å². The predicted molar refractivity (Wildman–Crippen MR) is 136 cm³/mol. The van der Waals surface area contributed by atoms with E-state index in [1.807, 2.05) is 68.4 Å². The zero-order valence-electron chi connectivity index (χ0n) is 19.9. The SMILES string of the molecule is CCCN(C(=O)[C@@H]1CC(=O)N(c2ccc(C)cc2)C1)c1c(N)n(Cc2ccccc2)c(=O)[nH]c1=O. The maximum absolute atomic E-state index is 13.6. The number of nitrogens with zero attached hydrogens (tertiary/aromatic N) is 3. The second kappa shape index (κ2) is 10.0. The molecule has 0 saturated carbocycles. The van der Waals surface area contributed by atoms with Crippen LogP contribution in [-0.2, 0) is 16.1 Å². The standard InChI is InChI=1S/C26H29N5O4/c1-3-13-29(25(34)19-14-21(32)30(16-19)20-11-9-17(2)10-12-20)22-23(27)31(26(35)28-24(22)33)15-18-7-5-4-6-8-18/h4-12,19H,3,13-16,27H2,1-2H3,(H,28,33,35)/t19-/m1/s1. The van der Waals surface area contributed by atoms with Crippen molar-refractivity contribution < 1.29 is 9.59 Å². The molecular formula is C26H29N5O4. The van der Waals surface area contributed by atoms with Crippen LogP contribution in [0.5, 0.6) is 0 Å². The third-order valence-corrected chi connectivity index (χ3v) is 6.20. The number of aromatic nitrogens is 2. The molecule has 3 N–H and O–H groups in total. The van der Waals surface area contributed by atoms with Crippen LogP contribution in [0.1, 0.15) is 30.9 Å². The molecule has 4 rings (SSSR count). The smallest absolute Gasteiger partial charge is 0.330 e. The molecule has 0 unspecified atom stereocenters. The first-order valence-corrected chi connectivity index (χ1v) is 11.6. The minimum absolute atomic E-state index is 0.0361. The van der Waals surface area contributed by atoms with Crippen molar-refractivity contribution in [3.8, 4) is 0 Å². The van der Waals surface area contributed by atoms with Gasteiger partial charge in [0.15, 0.2) is 5.69 Å². The Bertz CT molecular complexity index is 1340. The van der Waals surface area contributed by atoms with Crippen molar-refractivity contribution >= 4 is 29.0 Å².